The summed E-state index contributed by atoms with van der Waals surface area (Å²) in [5.41, 5.74) is 7.56. The van der Waals surface area contributed by atoms with Gasteiger partial charge in [-0.05, 0) is 132 Å². The Morgan fingerprint density at radius 3 is 1.37 bits per heavy atom. The number of hydrogen-bond acceptors (Lipinski definition) is 2. The second-order valence-electron chi connectivity index (χ2n) is 12.9. The van der Waals surface area contributed by atoms with Crippen molar-refractivity contribution in [3.63, 3.8) is 0 Å². The topological polar surface area (TPSA) is 39.1 Å². The molecule has 10 aromatic rings. The van der Waals surface area contributed by atoms with E-state index in [9.17, 15) is 9.59 Å². The maximum atomic E-state index is 14.8. The monoisotopic (exact) mass is 589 g/mol. The normalized spacial score (nSPS) is 12.4. The van der Waals surface area contributed by atoms with E-state index >= 15 is 0 Å². The molecule has 0 unspecified atom stereocenters. The van der Waals surface area contributed by atoms with Crippen molar-refractivity contribution in [2.24, 2.45) is 0 Å². The van der Waals surface area contributed by atoms with Crippen LogP contribution in [0.3, 0.4) is 0 Å². The third-order valence-corrected chi connectivity index (χ3v) is 10.5. The number of hydrogen-bond donors (Lipinski definition) is 0. The molecule has 0 saturated carbocycles. The van der Waals surface area contributed by atoms with Crippen LogP contribution in [0, 0.1) is 20.8 Å². The summed E-state index contributed by atoms with van der Waals surface area (Å²) in [4.78, 5) is 29.6. The minimum Gasteiger partial charge on any atom is -0.268 e. The summed E-state index contributed by atoms with van der Waals surface area (Å²) >= 11 is 0. The van der Waals surface area contributed by atoms with Crippen LogP contribution in [0.25, 0.3) is 92.6 Å². The zero-order valence-corrected chi connectivity index (χ0v) is 25.7. The molecule has 9 aromatic carbocycles. The van der Waals surface area contributed by atoms with Gasteiger partial charge >= 0.3 is 0 Å². The van der Waals surface area contributed by atoms with Gasteiger partial charge in [0.2, 0.25) is 0 Å². The summed E-state index contributed by atoms with van der Waals surface area (Å²) in [7, 11) is 0. The molecule has 10 rings (SSSR count). The van der Waals surface area contributed by atoms with Crippen molar-refractivity contribution in [3.8, 4) is 27.9 Å². The van der Waals surface area contributed by atoms with Crippen LogP contribution in [0.5, 0.6) is 0 Å². The molecule has 1 aromatic heterocycles. The van der Waals surface area contributed by atoms with Crippen LogP contribution in [0.1, 0.15) is 16.7 Å². The van der Waals surface area contributed by atoms with Crippen LogP contribution in [0.2, 0.25) is 0 Å². The molecule has 0 fully saturated rings. The van der Waals surface area contributed by atoms with Gasteiger partial charge < -0.3 is 0 Å². The van der Waals surface area contributed by atoms with E-state index in [1.807, 2.05) is 32.0 Å². The molecule has 0 aliphatic rings. The van der Waals surface area contributed by atoms with Crippen molar-refractivity contribution in [1.29, 1.82) is 0 Å². The summed E-state index contributed by atoms with van der Waals surface area (Å²) in [5.74, 6) is 0. The van der Waals surface area contributed by atoms with E-state index in [0.717, 1.165) is 71.3 Å². The molecule has 3 nitrogen and oxygen atoms in total. The Bertz CT molecular complexity index is 2790. The van der Waals surface area contributed by atoms with Gasteiger partial charge in [0.05, 0.1) is 16.5 Å². The number of benzene rings is 8. The molecule has 46 heavy (non-hydrogen) atoms. The molecule has 0 bridgehead atoms. The predicted octanol–water partition coefficient (Wildman–Crippen LogP) is 10.1. The Balaban J connectivity index is 1.53. The quantitative estimate of drug-likeness (QED) is 0.192. The fourth-order valence-corrected chi connectivity index (χ4v) is 8.31. The molecule has 1 heterocycles. The predicted molar refractivity (Wildman–Crippen MR) is 193 cm³/mol. The lowest BCUT2D eigenvalue weighted by Crippen LogP contribution is -2.24. The van der Waals surface area contributed by atoms with Crippen LogP contribution in [0.4, 0.5) is 0 Å². The van der Waals surface area contributed by atoms with Crippen molar-refractivity contribution in [1.82, 2.24) is 4.57 Å². The van der Waals surface area contributed by atoms with E-state index in [1.165, 1.54) is 26.1 Å². The summed E-state index contributed by atoms with van der Waals surface area (Å²) < 4.78 is 1.43. The van der Waals surface area contributed by atoms with E-state index in [1.54, 1.807) is 0 Å². The second-order valence-corrected chi connectivity index (χ2v) is 12.9. The number of aromatic nitrogens is 1. The van der Waals surface area contributed by atoms with Crippen LogP contribution in [0.15, 0.2) is 119 Å². The molecule has 0 atom stereocenters. The smallest absolute Gasteiger partial charge is 0.266 e. The van der Waals surface area contributed by atoms with E-state index in [-0.39, 0.29) is 11.1 Å². The van der Waals surface area contributed by atoms with Gasteiger partial charge in [-0.3, -0.25) is 9.59 Å². The van der Waals surface area contributed by atoms with Crippen LogP contribution in [-0.4, -0.2) is 4.57 Å². The van der Waals surface area contributed by atoms with Crippen molar-refractivity contribution in [3.05, 3.63) is 147 Å². The van der Waals surface area contributed by atoms with Gasteiger partial charge in [0, 0.05) is 0 Å². The molecule has 0 spiro atoms. The Labute approximate surface area is 263 Å². The van der Waals surface area contributed by atoms with Crippen molar-refractivity contribution >= 4 is 64.6 Å². The number of nitrogens with zero attached hydrogens (tertiary/aromatic N) is 1. The van der Waals surface area contributed by atoms with Gasteiger partial charge in [0.15, 0.2) is 0 Å². The van der Waals surface area contributed by atoms with Crippen LogP contribution < -0.4 is 11.1 Å². The van der Waals surface area contributed by atoms with E-state index in [4.69, 9.17) is 0 Å². The minimum atomic E-state index is -0.254. The third-order valence-electron chi connectivity index (χ3n) is 10.5. The molecule has 0 radical (unpaired) electrons. The fraction of sp³-hybridized carbons (Fsp3) is 0.0698. The third kappa shape index (κ3) is 3.02. The summed E-state index contributed by atoms with van der Waals surface area (Å²) in [6.45, 7) is 6.07. The minimum absolute atomic E-state index is 0.254. The highest BCUT2D eigenvalue weighted by Gasteiger charge is 2.29. The molecular weight excluding hydrogens is 562 g/mol. The second kappa shape index (κ2) is 8.68. The zero-order valence-electron chi connectivity index (χ0n) is 25.7. The highest BCUT2D eigenvalue weighted by molar-refractivity contribution is 6.50. The largest absolute Gasteiger partial charge is 0.268 e. The fourth-order valence-electron chi connectivity index (χ4n) is 8.31. The highest BCUT2D eigenvalue weighted by atomic mass is 16.2. The summed E-state index contributed by atoms with van der Waals surface area (Å²) in [5, 5.41) is 11.9. The average Bonchev–Trinajstić information content (AvgIpc) is 3.58. The average molecular weight is 590 g/mol. The summed E-state index contributed by atoms with van der Waals surface area (Å²) in [6.07, 6.45) is 0. The van der Waals surface area contributed by atoms with E-state index < -0.39 is 0 Å². The Morgan fingerprint density at radius 2 is 0.870 bits per heavy atom. The van der Waals surface area contributed by atoms with Gasteiger partial charge in [-0.15, -0.1) is 0 Å². The molecule has 0 amide bonds. The van der Waals surface area contributed by atoms with Gasteiger partial charge in [-0.1, -0.05) is 91.0 Å². The SMILES string of the molecule is Cc1cc(C)c(-n2c(=O)c3c4cc(-c5ccccc5)c5ccc6ccc7c(-c8ccccc8)cc(c3c2=O)c2c7c6c5c42)cc1C. The number of rotatable bonds is 3. The Hall–Kier alpha value is -5.80. The first-order valence-electron chi connectivity index (χ1n) is 15.8. The standard InChI is InChI=1S/C43H27NO2/c1-22-18-24(3)34(19-23(22)2)44-42(45)40-32-20-30(25-10-6-4-7-11-25)28-16-14-27-15-17-29-31(26-12-8-5-9-13-26)21-33(41(40)43(44)46)39-37(29)35(27)36(28)38(32)39/h4-21H,1-3H3. The van der Waals surface area contributed by atoms with Gasteiger partial charge in [0.1, 0.15) is 0 Å². The lowest BCUT2D eigenvalue weighted by molar-refractivity contribution is 0.973. The van der Waals surface area contributed by atoms with Crippen LogP contribution in [-0.2, 0) is 0 Å². The van der Waals surface area contributed by atoms with Crippen LogP contribution >= 0.6 is 0 Å². The first-order chi connectivity index (χ1) is 22.4. The maximum absolute atomic E-state index is 14.8. The van der Waals surface area contributed by atoms with Crippen molar-refractivity contribution in [2.45, 2.75) is 20.8 Å². The van der Waals surface area contributed by atoms with E-state index in [2.05, 4.69) is 97.9 Å². The van der Waals surface area contributed by atoms with E-state index in [0.29, 0.717) is 16.5 Å². The first kappa shape index (κ1) is 25.5. The molecule has 0 aliphatic carbocycles. The Morgan fingerprint density at radius 1 is 0.413 bits per heavy atom. The number of aryl methyl sites for hydroxylation is 3. The Kier molecular flexibility index (Phi) is 4.81. The van der Waals surface area contributed by atoms with Crippen molar-refractivity contribution < 1.29 is 0 Å². The first-order valence-corrected chi connectivity index (χ1v) is 15.8. The highest BCUT2D eigenvalue weighted by Crippen LogP contribution is 2.53. The maximum Gasteiger partial charge on any atom is 0.266 e. The molecule has 0 aliphatic heterocycles. The van der Waals surface area contributed by atoms with Gasteiger partial charge in [0.25, 0.3) is 11.1 Å². The molecule has 0 saturated heterocycles. The van der Waals surface area contributed by atoms with Crippen molar-refractivity contribution in [2.75, 3.05) is 0 Å². The lowest BCUT2D eigenvalue weighted by atomic mass is 9.89. The molecule has 216 valence electrons. The van der Waals surface area contributed by atoms with Gasteiger partial charge in [-0.2, -0.15) is 0 Å². The molecular formula is C43H27NO2. The lowest BCUT2D eigenvalue weighted by Gasteiger charge is -2.12. The molecule has 0 N–H and O–H groups in total. The number of fused-ring (bicyclic) bond motifs is 3. The summed E-state index contributed by atoms with van der Waals surface area (Å²) in [6, 6.07) is 38.1. The van der Waals surface area contributed by atoms with Gasteiger partial charge in [-0.25, -0.2) is 4.57 Å². The zero-order chi connectivity index (χ0) is 31.0. The molecule has 3 heteroatoms.